The first kappa shape index (κ1) is 12.2. The molecular formula is C13H14NO5-. The Kier molecular flexibility index (Phi) is 3.02. The highest BCUT2D eigenvalue weighted by Crippen LogP contribution is 2.43. The van der Waals surface area contributed by atoms with Gasteiger partial charge in [-0.2, -0.15) is 0 Å². The van der Waals surface area contributed by atoms with Crippen LogP contribution in [0.25, 0.3) is 0 Å². The monoisotopic (exact) mass is 264 g/mol. The molecule has 0 spiro atoms. The minimum absolute atomic E-state index is 0.249. The maximum Gasteiger partial charge on any atom is 0.226 e. The van der Waals surface area contributed by atoms with Crippen molar-refractivity contribution in [2.45, 2.75) is 31.6 Å². The van der Waals surface area contributed by atoms with E-state index in [1.807, 2.05) is 0 Å². The molecule has 2 aliphatic heterocycles. The predicted molar refractivity (Wildman–Crippen MR) is 60.4 cm³/mol. The van der Waals surface area contributed by atoms with Crippen molar-refractivity contribution in [1.82, 2.24) is 5.32 Å². The number of ether oxygens (including phenoxy) is 1. The predicted octanol–water partition coefficient (Wildman–Crippen LogP) is -0.561. The van der Waals surface area contributed by atoms with Crippen LogP contribution in [0.15, 0.2) is 22.8 Å². The Balaban J connectivity index is 1.66. The molecule has 3 rings (SSSR count). The van der Waals surface area contributed by atoms with Crippen molar-refractivity contribution < 1.29 is 23.8 Å². The summed E-state index contributed by atoms with van der Waals surface area (Å²) in [6, 6.07) is 3.47. The van der Waals surface area contributed by atoms with Gasteiger partial charge in [0.1, 0.15) is 5.76 Å². The lowest BCUT2D eigenvalue weighted by atomic mass is 9.79. The molecule has 2 bridgehead atoms. The molecule has 6 nitrogen and oxygen atoms in total. The average Bonchev–Trinajstić information content (AvgIpc) is 3.10. The fourth-order valence-electron chi connectivity index (χ4n) is 3.02. The SMILES string of the molecule is O=C([O-])[C@@H]1[C@H](C(=O)NCc2ccco2)[C@@H]2CC[C@H]1O2. The van der Waals surface area contributed by atoms with Crippen LogP contribution in [0, 0.1) is 11.8 Å². The van der Waals surface area contributed by atoms with Crippen molar-refractivity contribution in [3.8, 4) is 0 Å². The summed E-state index contributed by atoms with van der Waals surface area (Å²) >= 11 is 0. The Bertz CT molecular complexity index is 483. The number of carbonyl (C=O) groups is 2. The van der Waals surface area contributed by atoms with E-state index < -0.39 is 17.8 Å². The van der Waals surface area contributed by atoms with Crippen molar-refractivity contribution in [2.75, 3.05) is 0 Å². The zero-order valence-electron chi connectivity index (χ0n) is 10.2. The van der Waals surface area contributed by atoms with Crippen LogP contribution in [-0.2, 0) is 20.9 Å². The maximum atomic E-state index is 12.1. The third-order valence-corrected chi connectivity index (χ3v) is 3.87. The molecule has 2 saturated heterocycles. The van der Waals surface area contributed by atoms with Gasteiger partial charge in [0.2, 0.25) is 5.91 Å². The number of hydrogen-bond acceptors (Lipinski definition) is 5. The largest absolute Gasteiger partial charge is 0.550 e. The van der Waals surface area contributed by atoms with Gasteiger partial charge in [-0.15, -0.1) is 0 Å². The molecule has 102 valence electrons. The second-order valence-electron chi connectivity index (χ2n) is 4.96. The van der Waals surface area contributed by atoms with E-state index in [1.165, 1.54) is 6.26 Å². The molecule has 0 aromatic carbocycles. The average molecular weight is 264 g/mol. The molecule has 2 fully saturated rings. The number of carbonyl (C=O) groups excluding carboxylic acids is 2. The van der Waals surface area contributed by atoms with Gasteiger partial charge in [0.15, 0.2) is 0 Å². The van der Waals surface area contributed by atoms with Crippen molar-refractivity contribution in [3.05, 3.63) is 24.2 Å². The molecule has 6 heteroatoms. The second-order valence-corrected chi connectivity index (χ2v) is 4.96. The molecular weight excluding hydrogens is 250 g/mol. The molecule has 1 aromatic rings. The van der Waals surface area contributed by atoms with Gasteiger partial charge >= 0.3 is 0 Å². The van der Waals surface area contributed by atoms with Gasteiger partial charge in [-0.3, -0.25) is 4.79 Å². The first-order valence-corrected chi connectivity index (χ1v) is 6.33. The lowest BCUT2D eigenvalue weighted by Crippen LogP contribution is -2.48. The van der Waals surface area contributed by atoms with E-state index in [2.05, 4.69) is 5.32 Å². The number of aliphatic carboxylic acids is 1. The van der Waals surface area contributed by atoms with Gasteiger partial charge < -0.3 is 24.4 Å². The van der Waals surface area contributed by atoms with Crippen molar-refractivity contribution in [2.24, 2.45) is 11.8 Å². The first-order valence-electron chi connectivity index (χ1n) is 6.33. The van der Waals surface area contributed by atoms with Gasteiger partial charge in [-0.25, -0.2) is 0 Å². The molecule has 1 aromatic heterocycles. The van der Waals surface area contributed by atoms with Crippen molar-refractivity contribution >= 4 is 11.9 Å². The number of amides is 1. The topological polar surface area (TPSA) is 91.6 Å². The van der Waals surface area contributed by atoms with Crippen LogP contribution < -0.4 is 10.4 Å². The van der Waals surface area contributed by atoms with Crippen LogP contribution in [0.3, 0.4) is 0 Å². The van der Waals surface area contributed by atoms with Crippen LogP contribution >= 0.6 is 0 Å². The van der Waals surface area contributed by atoms with Gasteiger partial charge in [-0.1, -0.05) is 0 Å². The molecule has 4 atom stereocenters. The Hall–Kier alpha value is -1.82. The van der Waals surface area contributed by atoms with Crippen LogP contribution in [0.4, 0.5) is 0 Å². The standard InChI is InChI=1S/C13H15NO5/c15-12(14-6-7-2-1-5-18-7)10-8-3-4-9(19-8)11(10)13(16)17/h1-2,5,8-11H,3-4,6H2,(H,14,15)(H,16,17)/p-1/t8-,9+,10+,11-/m0/s1. The first-order chi connectivity index (χ1) is 9.16. The lowest BCUT2D eigenvalue weighted by molar-refractivity contribution is -0.314. The number of fused-ring (bicyclic) bond motifs is 2. The number of carboxylic acids is 1. The molecule has 3 heterocycles. The third kappa shape index (κ3) is 2.12. The fourth-order valence-corrected chi connectivity index (χ4v) is 3.02. The molecule has 0 unspecified atom stereocenters. The number of rotatable bonds is 4. The summed E-state index contributed by atoms with van der Waals surface area (Å²) in [5.74, 6) is -2.38. The van der Waals surface area contributed by atoms with Gasteiger partial charge in [0.05, 0.1) is 30.9 Å². The lowest BCUT2D eigenvalue weighted by Gasteiger charge is -2.27. The Labute approximate surface area is 109 Å². The maximum absolute atomic E-state index is 12.1. The molecule has 1 N–H and O–H groups in total. The van der Waals surface area contributed by atoms with Crippen molar-refractivity contribution in [1.29, 1.82) is 0 Å². The Morgan fingerprint density at radius 2 is 2.05 bits per heavy atom. The fraction of sp³-hybridized carbons (Fsp3) is 0.538. The summed E-state index contributed by atoms with van der Waals surface area (Å²) in [5.41, 5.74) is 0. The number of hydrogen-bond donors (Lipinski definition) is 1. The summed E-state index contributed by atoms with van der Waals surface area (Å²) in [6.45, 7) is 0.249. The smallest absolute Gasteiger partial charge is 0.226 e. The van der Waals surface area contributed by atoms with Gasteiger partial charge in [0, 0.05) is 11.9 Å². The summed E-state index contributed by atoms with van der Waals surface area (Å²) in [5, 5.41) is 13.8. The minimum atomic E-state index is -1.20. The molecule has 1 amide bonds. The molecule has 0 aliphatic carbocycles. The van der Waals surface area contributed by atoms with E-state index in [1.54, 1.807) is 12.1 Å². The van der Waals surface area contributed by atoms with Crippen LogP contribution in [0.2, 0.25) is 0 Å². The van der Waals surface area contributed by atoms with E-state index in [4.69, 9.17) is 9.15 Å². The summed E-state index contributed by atoms with van der Waals surface area (Å²) in [7, 11) is 0. The van der Waals surface area contributed by atoms with E-state index in [9.17, 15) is 14.7 Å². The zero-order valence-corrected chi connectivity index (χ0v) is 10.2. The highest BCUT2D eigenvalue weighted by atomic mass is 16.5. The quantitative estimate of drug-likeness (QED) is 0.787. The normalized spacial score (nSPS) is 32.4. The molecule has 19 heavy (non-hydrogen) atoms. The third-order valence-electron chi connectivity index (χ3n) is 3.87. The Morgan fingerprint density at radius 1 is 1.32 bits per heavy atom. The summed E-state index contributed by atoms with van der Waals surface area (Å²) < 4.78 is 10.6. The highest BCUT2D eigenvalue weighted by molar-refractivity contribution is 5.85. The van der Waals surface area contributed by atoms with Crippen LogP contribution in [-0.4, -0.2) is 24.1 Å². The minimum Gasteiger partial charge on any atom is -0.550 e. The van der Waals surface area contributed by atoms with E-state index in [0.29, 0.717) is 12.2 Å². The summed E-state index contributed by atoms with van der Waals surface area (Å²) in [6.07, 6.45) is 2.25. The van der Waals surface area contributed by atoms with Crippen LogP contribution in [0.5, 0.6) is 0 Å². The van der Waals surface area contributed by atoms with Gasteiger partial charge in [-0.05, 0) is 25.0 Å². The molecule has 0 saturated carbocycles. The Morgan fingerprint density at radius 3 is 2.68 bits per heavy atom. The summed E-state index contributed by atoms with van der Waals surface area (Å²) in [4.78, 5) is 23.3. The second kappa shape index (κ2) is 4.70. The van der Waals surface area contributed by atoms with E-state index in [0.717, 1.165) is 6.42 Å². The number of nitrogens with one attached hydrogen (secondary N) is 1. The van der Waals surface area contributed by atoms with Gasteiger partial charge in [0.25, 0.3) is 0 Å². The van der Waals surface area contributed by atoms with E-state index >= 15 is 0 Å². The zero-order chi connectivity index (χ0) is 13.4. The number of furan rings is 1. The highest BCUT2D eigenvalue weighted by Gasteiger charge is 2.52. The molecule has 0 radical (unpaired) electrons. The van der Waals surface area contributed by atoms with Crippen LogP contribution in [0.1, 0.15) is 18.6 Å². The van der Waals surface area contributed by atoms with Crippen molar-refractivity contribution in [3.63, 3.8) is 0 Å². The van der Waals surface area contributed by atoms with E-state index in [-0.39, 0.29) is 24.7 Å². The molecule has 2 aliphatic rings. The number of carboxylic acid groups (broad SMARTS) is 1.